The molecule has 0 radical (unpaired) electrons. The van der Waals surface area contributed by atoms with E-state index in [1.807, 2.05) is 0 Å². The predicted octanol–water partition coefficient (Wildman–Crippen LogP) is 1.34. The number of piperidine rings is 2. The van der Waals surface area contributed by atoms with Crippen LogP contribution in [0.5, 0.6) is 0 Å². The highest BCUT2D eigenvalue weighted by atomic mass is 16.7. The first-order valence-corrected chi connectivity index (χ1v) is 12.2. The van der Waals surface area contributed by atoms with Crippen molar-refractivity contribution in [2.24, 2.45) is 23.7 Å². The minimum atomic E-state index is -0.804. The van der Waals surface area contributed by atoms with Crippen molar-refractivity contribution in [2.45, 2.75) is 89.0 Å². The van der Waals surface area contributed by atoms with Gasteiger partial charge in [-0.2, -0.15) is 10.1 Å². The van der Waals surface area contributed by atoms with Crippen molar-refractivity contribution in [1.29, 1.82) is 0 Å². The molecular weight excluding hydrogens is 408 g/mol. The molecule has 32 heavy (non-hydrogen) atoms. The monoisotopic (exact) mass is 452 g/mol. The van der Waals surface area contributed by atoms with Gasteiger partial charge in [0.15, 0.2) is 0 Å². The van der Waals surface area contributed by atoms with Crippen LogP contribution in [0.25, 0.3) is 0 Å². The van der Waals surface area contributed by atoms with E-state index in [1.54, 1.807) is 14.2 Å². The zero-order chi connectivity index (χ0) is 23.9. The van der Waals surface area contributed by atoms with Gasteiger partial charge in [0.05, 0.1) is 14.2 Å². The molecule has 5 rings (SSSR count). The van der Waals surface area contributed by atoms with Crippen LogP contribution in [0, 0.1) is 23.7 Å². The maximum absolute atomic E-state index is 11.9. The molecular formula is C24H44N4O4. The third-order valence-corrected chi connectivity index (χ3v) is 10.1. The smallest absolute Gasteiger partial charge is 0.128 e. The molecule has 184 valence electrons. The third kappa shape index (κ3) is 2.36. The molecule has 0 aromatic rings. The summed E-state index contributed by atoms with van der Waals surface area (Å²) in [6.07, 6.45) is 0. The van der Waals surface area contributed by atoms with Crippen LogP contribution in [0.3, 0.4) is 0 Å². The Morgan fingerprint density at radius 3 is 0.938 bits per heavy atom. The molecule has 0 amide bonds. The molecule has 4 atom stereocenters. The van der Waals surface area contributed by atoms with Gasteiger partial charge in [-0.1, -0.05) is 0 Å². The van der Waals surface area contributed by atoms with Gasteiger partial charge in [-0.15, -0.1) is 0 Å². The van der Waals surface area contributed by atoms with Crippen molar-refractivity contribution < 1.29 is 19.9 Å². The second-order valence-electron chi connectivity index (χ2n) is 13.0. The Balaban J connectivity index is 1.31. The summed E-state index contributed by atoms with van der Waals surface area (Å²) in [6, 6.07) is 0. The highest BCUT2D eigenvalue weighted by Gasteiger charge is 2.85. The van der Waals surface area contributed by atoms with Gasteiger partial charge in [-0.3, -0.25) is 9.80 Å². The van der Waals surface area contributed by atoms with Crippen LogP contribution in [0.15, 0.2) is 0 Å². The zero-order valence-corrected chi connectivity index (χ0v) is 21.6. The first-order chi connectivity index (χ1) is 14.6. The first-order valence-electron chi connectivity index (χ1n) is 12.2. The highest BCUT2D eigenvalue weighted by molar-refractivity contribution is 5.32. The van der Waals surface area contributed by atoms with E-state index in [9.17, 15) is 10.2 Å². The summed E-state index contributed by atoms with van der Waals surface area (Å²) in [5, 5.41) is 27.9. The van der Waals surface area contributed by atoms with Crippen LogP contribution in [-0.4, -0.2) is 104 Å². The molecule has 4 unspecified atom stereocenters. The van der Waals surface area contributed by atoms with Crippen molar-refractivity contribution in [1.82, 2.24) is 19.9 Å². The fraction of sp³-hybridized carbons (Fsp3) is 1.00. The van der Waals surface area contributed by atoms with Crippen LogP contribution in [-0.2, 0) is 9.68 Å². The van der Waals surface area contributed by atoms with E-state index in [-0.39, 0.29) is 45.8 Å². The van der Waals surface area contributed by atoms with E-state index >= 15 is 0 Å². The molecule has 0 spiro atoms. The van der Waals surface area contributed by atoms with E-state index in [0.29, 0.717) is 0 Å². The Kier molecular flexibility index (Phi) is 4.59. The van der Waals surface area contributed by atoms with Crippen molar-refractivity contribution >= 4 is 0 Å². The quantitative estimate of drug-likeness (QED) is 0.662. The molecule has 5 fully saturated rings. The number of aliphatic hydroxyl groups is 2. The van der Waals surface area contributed by atoms with Gasteiger partial charge in [0, 0.05) is 72.0 Å². The standard InChI is InChI=1S/C24H44N4O4/c1-19(2)15-16(20(3,4)27(19)31-9)23(15,29)25-11-13-26(14-12-25)24(30)17-18(24)22(7,8)28(32-10)21(17,5)6/h15-18,29-30H,11-14H2,1-10H3. The lowest BCUT2D eigenvalue weighted by Gasteiger charge is -2.50. The summed E-state index contributed by atoms with van der Waals surface area (Å²) in [5.41, 5.74) is -2.56. The SMILES string of the molecule is CON1C(C)(C)C2C(C1(C)C)C2(O)N1CCN(C2(O)C3C2C(C)(C)N(OC)C3(C)C)CC1. The molecule has 0 aromatic carbocycles. The lowest BCUT2D eigenvalue weighted by molar-refractivity contribution is -0.265. The lowest BCUT2D eigenvalue weighted by atomic mass is 9.94. The Labute approximate surface area is 193 Å². The molecule has 2 saturated carbocycles. The van der Waals surface area contributed by atoms with E-state index in [1.165, 1.54) is 0 Å². The summed E-state index contributed by atoms with van der Waals surface area (Å²) in [7, 11) is 3.46. The predicted molar refractivity (Wildman–Crippen MR) is 121 cm³/mol. The molecule has 2 aliphatic carbocycles. The summed E-state index contributed by atoms with van der Waals surface area (Å²) in [6.45, 7) is 20.5. The zero-order valence-electron chi connectivity index (χ0n) is 21.6. The van der Waals surface area contributed by atoms with Gasteiger partial charge < -0.3 is 19.9 Å². The summed E-state index contributed by atoms with van der Waals surface area (Å²) >= 11 is 0. The molecule has 0 aromatic heterocycles. The van der Waals surface area contributed by atoms with E-state index in [2.05, 4.69) is 75.3 Å². The lowest BCUT2D eigenvalue weighted by Crippen LogP contribution is -2.64. The highest BCUT2D eigenvalue weighted by Crippen LogP contribution is 2.72. The van der Waals surface area contributed by atoms with Gasteiger partial charge >= 0.3 is 0 Å². The minimum absolute atomic E-state index is 0.146. The minimum Gasteiger partial charge on any atom is -0.375 e. The number of fused-ring (bicyclic) bond motifs is 2. The van der Waals surface area contributed by atoms with Crippen molar-refractivity contribution in [2.75, 3.05) is 40.4 Å². The summed E-state index contributed by atoms with van der Waals surface area (Å²) in [4.78, 5) is 16.0. The third-order valence-electron chi connectivity index (χ3n) is 10.1. The van der Waals surface area contributed by atoms with Gasteiger partial charge in [0.25, 0.3) is 0 Å². The second-order valence-corrected chi connectivity index (χ2v) is 13.0. The molecule has 3 saturated heterocycles. The Morgan fingerprint density at radius 2 is 0.750 bits per heavy atom. The van der Waals surface area contributed by atoms with Crippen LogP contribution in [0.1, 0.15) is 55.4 Å². The molecule has 3 aliphatic heterocycles. The van der Waals surface area contributed by atoms with Crippen LogP contribution >= 0.6 is 0 Å². The summed E-state index contributed by atoms with van der Waals surface area (Å²) < 4.78 is 0. The molecule has 8 nitrogen and oxygen atoms in total. The maximum atomic E-state index is 11.9. The molecule has 5 aliphatic rings. The van der Waals surface area contributed by atoms with Gasteiger partial charge in [0.2, 0.25) is 0 Å². The number of hydroxylamine groups is 4. The fourth-order valence-electron chi connectivity index (χ4n) is 9.58. The van der Waals surface area contributed by atoms with Crippen LogP contribution in [0.2, 0.25) is 0 Å². The molecule has 3 heterocycles. The van der Waals surface area contributed by atoms with Gasteiger partial charge in [0.1, 0.15) is 11.4 Å². The largest absolute Gasteiger partial charge is 0.375 e. The maximum Gasteiger partial charge on any atom is 0.128 e. The average Bonchev–Trinajstić information content (AvgIpc) is 3.49. The number of nitrogens with zero attached hydrogens (tertiary/aromatic N) is 4. The van der Waals surface area contributed by atoms with E-state index in [4.69, 9.17) is 9.68 Å². The second kappa shape index (κ2) is 6.26. The van der Waals surface area contributed by atoms with Gasteiger partial charge in [-0.05, 0) is 55.4 Å². The van der Waals surface area contributed by atoms with Crippen LogP contribution in [0.4, 0.5) is 0 Å². The topological polar surface area (TPSA) is 71.9 Å². The molecule has 8 heteroatoms. The Hall–Kier alpha value is -0.320. The Morgan fingerprint density at radius 1 is 0.531 bits per heavy atom. The fourth-order valence-corrected chi connectivity index (χ4v) is 9.58. The van der Waals surface area contributed by atoms with Crippen molar-refractivity contribution in [3.8, 4) is 0 Å². The van der Waals surface area contributed by atoms with Crippen LogP contribution < -0.4 is 0 Å². The number of rotatable bonds is 4. The van der Waals surface area contributed by atoms with Crippen molar-refractivity contribution in [3.63, 3.8) is 0 Å². The van der Waals surface area contributed by atoms with Gasteiger partial charge in [-0.25, -0.2) is 0 Å². The van der Waals surface area contributed by atoms with E-state index in [0.717, 1.165) is 26.2 Å². The molecule has 0 bridgehead atoms. The number of hydrogen-bond acceptors (Lipinski definition) is 8. The van der Waals surface area contributed by atoms with Crippen molar-refractivity contribution in [3.05, 3.63) is 0 Å². The first kappa shape index (κ1) is 23.4. The van der Waals surface area contributed by atoms with E-state index < -0.39 is 11.4 Å². The summed E-state index contributed by atoms with van der Waals surface area (Å²) in [5.74, 6) is 0.585. The average molecular weight is 453 g/mol. The number of hydrogen-bond donors (Lipinski definition) is 2. The molecule has 2 N–H and O–H groups in total. The normalized spacial score (nSPS) is 49.1. The number of piperazine rings is 1. The Bertz CT molecular complexity index is 694.